The van der Waals surface area contributed by atoms with Gasteiger partial charge in [-0.2, -0.15) is 0 Å². The van der Waals surface area contributed by atoms with Crippen LogP contribution in [-0.2, 0) is 9.59 Å². The van der Waals surface area contributed by atoms with Crippen LogP contribution in [0, 0.1) is 0 Å². The predicted molar refractivity (Wildman–Crippen MR) is 108 cm³/mol. The van der Waals surface area contributed by atoms with Crippen molar-refractivity contribution in [1.82, 2.24) is 10.9 Å². The molecule has 0 saturated carbocycles. The average molecular weight is 367 g/mol. The number of nitrogens with two attached hydrogens (primary N) is 2. The van der Waals surface area contributed by atoms with Gasteiger partial charge in [0.15, 0.2) is 0 Å². The van der Waals surface area contributed by atoms with Gasteiger partial charge in [0.2, 0.25) is 11.8 Å². The first-order chi connectivity index (χ1) is 12.7. The second kappa shape index (κ2) is 19.7. The van der Waals surface area contributed by atoms with Crippen LogP contribution in [0.4, 0.5) is 0 Å². The molecule has 0 aliphatic rings. The molecule has 6 N–H and O–H groups in total. The van der Waals surface area contributed by atoms with Gasteiger partial charge in [0.1, 0.15) is 0 Å². The fraction of sp³-hybridized carbons (Fsp3) is 0.700. The van der Waals surface area contributed by atoms with Crippen molar-refractivity contribution < 1.29 is 9.59 Å². The van der Waals surface area contributed by atoms with Crippen molar-refractivity contribution in [3.05, 3.63) is 24.3 Å². The van der Waals surface area contributed by atoms with E-state index in [0.29, 0.717) is 12.8 Å². The van der Waals surface area contributed by atoms with E-state index in [0.717, 1.165) is 51.4 Å². The van der Waals surface area contributed by atoms with Crippen LogP contribution in [-0.4, -0.2) is 11.8 Å². The van der Waals surface area contributed by atoms with Gasteiger partial charge < -0.3 is 0 Å². The summed E-state index contributed by atoms with van der Waals surface area (Å²) >= 11 is 0. The predicted octanol–water partition coefficient (Wildman–Crippen LogP) is 3.54. The van der Waals surface area contributed by atoms with E-state index in [-0.39, 0.29) is 11.8 Å². The molecule has 0 fully saturated rings. The molecule has 150 valence electrons. The maximum Gasteiger partial charge on any atom is 0.233 e. The van der Waals surface area contributed by atoms with Crippen LogP contribution >= 0.6 is 0 Å². The van der Waals surface area contributed by atoms with Gasteiger partial charge in [0, 0.05) is 12.8 Å². The summed E-state index contributed by atoms with van der Waals surface area (Å²) in [5, 5.41) is 0. The van der Waals surface area contributed by atoms with E-state index < -0.39 is 0 Å². The monoisotopic (exact) mass is 366 g/mol. The summed E-state index contributed by atoms with van der Waals surface area (Å²) in [6.07, 6.45) is 23.3. The first-order valence-electron chi connectivity index (χ1n) is 9.99. The molecule has 0 radical (unpaired) electrons. The topological polar surface area (TPSA) is 110 Å². The highest BCUT2D eigenvalue weighted by atomic mass is 16.2. The smallest absolute Gasteiger partial charge is 0.233 e. The highest BCUT2D eigenvalue weighted by molar-refractivity contribution is 5.75. The molecule has 0 spiro atoms. The number of carbonyl (C=O) groups is 2. The van der Waals surface area contributed by atoms with Gasteiger partial charge >= 0.3 is 0 Å². The van der Waals surface area contributed by atoms with Crippen LogP contribution < -0.4 is 22.5 Å². The fourth-order valence-electron chi connectivity index (χ4n) is 2.61. The number of hydrazine groups is 2. The number of nitrogens with one attached hydrogen (secondary N) is 2. The van der Waals surface area contributed by atoms with Gasteiger partial charge in [-0.1, -0.05) is 50.0 Å². The molecule has 0 aliphatic carbocycles. The zero-order valence-electron chi connectivity index (χ0n) is 16.2. The van der Waals surface area contributed by atoms with E-state index in [9.17, 15) is 9.59 Å². The third-order valence-electron chi connectivity index (χ3n) is 4.20. The number of hydrogen-bond donors (Lipinski definition) is 4. The van der Waals surface area contributed by atoms with E-state index in [1.54, 1.807) is 0 Å². The van der Waals surface area contributed by atoms with Crippen molar-refractivity contribution >= 4 is 11.8 Å². The van der Waals surface area contributed by atoms with Gasteiger partial charge in [-0.25, -0.2) is 11.7 Å². The summed E-state index contributed by atoms with van der Waals surface area (Å²) < 4.78 is 0. The molecule has 6 nitrogen and oxygen atoms in total. The Labute approximate surface area is 158 Å². The maximum atomic E-state index is 10.9. The molecule has 2 amide bonds. The van der Waals surface area contributed by atoms with E-state index >= 15 is 0 Å². The van der Waals surface area contributed by atoms with E-state index in [1.807, 2.05) is 0 Å². The summed E-state index contributed by atoms with van der Waals surface area (Å²) in [7, 11) is 0. The molecule has 0 saturated heterocycles. The number of rotatable bonds is 17. The third-order valence-corrected chi connectivity index (χ3v) is 4.20. The van der Waals surface area contributed by atoms with Crippen molar-refractivity contribution in [2.24, 2.45) is 11.7 Å². The highest BCUT2D eigenvalue weighted by Gasteiger charge is 1.97. The molecular weight excluding hydrogens is 328 g/mol. The van der Waals surface area contributed by atoms with Gasteiger partial charge in [0.05, 0.1) is 0 Å². The molecule has 0 atom stereocenters. The quantitative estimate of drug-likeness (QED) is 0.104. The minimum Gasteiger partial charge on any atom is -0.294 e. The first-order valence-corrected chi connectivity index (χ1v) is 9.99. The first kappa shape index (κ1) is 24.3. The van der Waals surface area contributed by atoms with E-state index in [2.05, 4.69) is 35.2 Å². The molecule has 6 heteroatoms. The minimum absolute atomic E-state index is 0.0745. The summed E-state index contributed by atoms with van der Waals surface area (Å²) in [5.74, 6) is 9.91. The lowest BCUT2D eigenvalue weighted by atomic mass is 10.1. The molecule has 0 unspecified atom stereocenters. The lowest BCUT2D eigenvalue weighted by Gasteiger charge is -1.99. The lowest BCUT2D eigenvalue weighted by molar-refractivity contribution is -0.122. The van der Waals surface area contributed by atoms with Crippen LogP contribution in [0.1, 0.15) is 89.9 Å². The molecule has 0 aromatic heterocycles. The Morgan fingerprint density at radius 3 is 1.27 bits per heavy atom. The molecule has 0 aliphatic heterocycles. The molecule has 0 rings (SSSR count). The highest BCUT2D eigenvalue weighted by Crippen LogP contribution is 2.08. The number of hydrogen-bond acceptors (Lipinski definition) is 4. The molecule has 26 heavy (non-hydrogen) atoms. The van der Waals surface area contributed by atoms with Crippen LogP contribution in [0.25, 0.3) is 0 Å². The number of carbonyl (C=O) groups excluding carboxylic acids is 2. The SMILES string of the molecule is NNC(=O)CCCCCCC=CCCC=CCCCCCCC(=O)NN. The fourth-order valence-corrected chi connectivity index (χ4v) is 2.61. The second-order valence-electron chi connectivity index (χ2n) is 6.56. The number of unbranched alkanes of at least 4 members (excludes halogenated alkanes) is 9. The average Bonchev–Trinajstić information content (AvgIpc) is 2.66. The summed E-state index contributed by atoms with van der Waals surface area (Å²) in [4.78, 5) is 21.9. The molecule has 0 aromatic carbocycles. The number of allylic oxidation sites excluding steroid dienone is 4. The Morgan fingerprint density at radius 1 is 0.538 bits per heavy atom. The lowest BCUT2D eigenvalue weighted by Crippen LogP contribution is -2.29. The van der Waals surface area contributed by atoms with Gasteiger partial charge in [-0.3, -0.25) is 20.4 Å². The third kappa shape index (κ3) is 18.7. The zero-order valence-corrected chi connectivity index (χ0v) is 16.2. The molecule has 0 heterocycles. The maximum absolute atomic E-state index is 10.9. The van der Waals surface area contributed by atoms with Crippen molar-refractivity contribution in [3.8, 4) is 0 Å². The van der Waals surface area contributed by atoms with Gasteiger partial charge in [0.25, 0.3) is 0 Å². The normalized spacial score (nSPS) is 11.3. The standard InChI is InChI=1S/C20H38N4O2/c21-23-19(25)17-15-13-11-9-7-5-3-1-2-4-6-8-10-12-14-16-18-20(26)24-22/h3-6H,1-2,7-18,21-22H2,(H,23,25)(H,24,26). The van der Waals surface area contributed by atoms with Crippen LogP contribution in [0.15, 0.2) is 24.3 Å². The van der Waals surface area contributed by atoms with Crippen LogP contribution in [0.5, 0.6) is 0 Å². The van der Waals surface area contributed by atoms with Crippen LogP contribution in [0.3, 0.4) is 0 Å². The Hall–Kier alpha value is -1.66. The van der Waals surface area contributed by atoms with E-state index in [1.165, 1.54) is 25.7 Å². The minimum atomic E-state index is -0.0745. The summed E-state index contributed by atoms with van der Waals surface area (Å²) in [6.45, 7) is 0. The second-order valence-corrected chi connectivity index (χ2v) is 6.56. The summed E-state index contributed by atoms with van der Waals surface area (Å²) in [5.41, 5.74) is 4.31. The number of amides is 2. The van der Waals surface area contributed by atoms with Crippen molar-refractivity contribution in [2.45, 2.75) is 89.9 Å². The Bertz CT molecular complexity index is 371. The van der Waals surface area contributed by atoms with E-state index in [4.69, 9.17) is 11.7 Å². The summed E-state index contributed by atoms with van der Waals surface area (Å²) in [6, 6.07) is 0. The zero-order chi connectivity index (χ0) is 19.3. The van der Waals surface area contributed by atoms with Crippen molar-refractivity contribution in [2.75, 3.05) is 0 Å². The Morgan fingerprint density at radius 2 is 0.885 bits per heavy atom. The Kier molecular flexibility index (Phi) is 18.4. The van der Waals surface area contributed by atoms with Crippen LogP contribution in [0.2, 0.25) is 0 Å². The Balaban J connectivity index is 3.25. The van der Waals surface area contributed by atoms with Crippen molar-refractivity contribution in [1.29, 1.82) is 0 Å². The molecule has 0 aromatic rings. The van der Waals surface area contributed by atoms with Gasteiger partial charge in [-0.15, -0.1) is 0 Å². The van der Waals surface area contributed by atoms with Crippen molar-refractivity contribution in [3.63, 3.8) is 0 Å². The largest absolute Gasteiger partial charge is 0.294 e. The van der Waals surface area contributed by atoms with Gasteiger partial charge in [-0.05, 0) is 51.4 Å². The molecule has 0 bridgehead atoms. The molecular formula is C20H38N4O2.